The highest BCUT2D eigenvalue weighted by Crippen LogP contribution is 2.39. The molecule has 0 radical (unpaired) electrons. The lowest BCUT2D eigenvalue weighted by molar-refractivity contribution is -0.190. The molecule has 5 heteroatoms. The van der Waals surface area contributed by atoms with Gasteiger partial charge in [-0.15, -0.1) is 0 Å². The Balaban J connectivity index is 1.45. The average Bonchev–Trinajstić information content (AvgIpc) is 2.67. The van der Waals surface area contributed by atoms with Crippen molar-refractivity contribution in [1.82, 2.24) is 9.88 Å². The summed E-state index contributed by atoms with van der Waals surface area (Å²) in [6.07, 6.45) is 4.53. The molecule has 27 heavy (non-hydrogen) atoms. The molecule has 1 N–H and O–H groups in total. The minimum Gasteiger partial charge on any atom is -0.393 e. The molecule has 0 saturated carbocycles. The van der Waals surface area contributed by atoms with Gasteiger partial charge in [0.25, 0.3) is 5.91 Å². The molecule has 2 aliphatic heterocycles. The molecule has 2 saturated heterocycles. The summed E-state index contributed by atoms with van der Waals surface area (Å²) in [4.78, 5) is 19.2. The second-order valence-corrected chi connectivity index (χ2v) is 8.38. The summed E-state index contributed by atoms with van der Waals surface area (Å²) in [7, 11) is 0. The molecular formula is C22H28N2O3. The Morgan fingerprint density at radius 1 is 1.30 bits per heavy atom. The maximum absolute atomic E-state index is 13.0. The highest BCUT2D eigenvalue weighted by molar-refractivity contribution is 5.98. The summed E-state index contributed by atoms with van der Waals surface area (Å²) < 4.78 is 6.43. The van der Waals surface area contributed by atoms with Crippen molar-refractivity contribution in [3.8, 4) is 0 Å². The van der Waals surface area contributed by atoms with Crippen LogP contribution in [-0.2, 0) is 4.74 Å². The van der Waals surface area contributed by atoms with Crippen molar-refractivity contribution < 1.29 is 14.6 Å². The number of carbonyl (C=O) groups is 1. The Morgan fingerprint density at radius 2 is 2.07 bits per heavy atom. The molecule has 2 aliphatic rings. The number of fused-ring (bicyclic) bond motifs is 1. The molecule has 1 aromatic carbocycles. The van der Waals surface area contributed by atoms with E-state index in [1.54, 1.807) is 6.20 Å². The first-order valence-electron chi connectivity index (χ1n) is 9.96. The summed E-state index contributed by atoms with van der Waals surface area (Å²) >= 11 is 0. The van der Waals surface area contributed by atoms with Crippen LogP contribution in [0.5, 0.6) is 0 Å². The second-order valence-electron chi connectivity index (χ2n) is 8.38. The largest absolute Gasteiger partial charge is 0.393 e. The second kappa shape index (κ2) is 7.21. The number of likely N-dealkylation sites (tertiary alicyclic amines) is 1. The number of nitrogens with zero attached hydrogens (tertiary/aromatic N) is 2. The van der Waals surface area contributed by atoms with Gasteiger partial charge in [0.2, 0.25) is 0 Å². The molecule has 2 fully saturated rings. The number of hydrogen-bond acceptors (Lipinski definition) is 4. The number of piperidine rings is 1. The molecule has 3 heterocycles. The van der Waals surface area contributed by atoms with Crippen molar-refractivity contribution in [2.45, 2.75) is 57.3 Å². The highest BCUT2D eigenvalue weighted by Gasteiger charge is 2.44. The van der Waals surface area contributed by atoms with Gasteiger partial charge in [0, 0.05) is 36.7 Å². The zero-order valence-corrected chi connectivity index (χ0v) is 16.1. The summed E-state index contributed by atoms with van der Waals surface area (Å²) in [5.41, 5.74) is 1.32. The van der Waals surface area contributed by atoms with E-state index in [-0.39, 0.29) is 23.7 Å². The molecule has 1 amide bonds. The van der Waals surface area contributed by atoms with Gasteiger partial charge in [0.1, 0.15) is 0 Å². The van der Waals surface area contributed by atoms with Gasteiger partial charge in [0.05, 0.1) is 23.3 Å². The van der Waals surface area contributed by atoms with Gasteiger partial charge in [0.15, 0.2) is 0 Å². The van der Waals surface area contributed by atoms with Gasteiger partial charge in [-0.1, -0.05) is 19.9 Å². The maximum atomic E-state index is 13.0. The number of hydrogen-bond donors (Lipinski definition) is 1. The van der Waals surface area contributed by atoms with Crippen LogP contribution in [0.1, 0.15) is 49.9 Å². The van der Waals surface area contributed by atoms with Gasteiger partial charge in [-0.3, -0.25) is 9.78 Å². The zero-order chi connectivity index (χ0) is 19.0. The fraction of sp³-hybridized carbons (Fsp3) is 0.545. The lowest BCUT2D eigenvalue weighted by atomic mass is 9.80. The Labute approximate surface area is 160 Å². The standard InChI is InChI=1S/C22H28N2O3/c1-15(2)20-13-18(25)14-22(27-20)7-10-24(11-8-22)21(26)17-5-6-19-16(12-17)4-3-9-23-19/h3-6,9,12,15,18,20,25H,7-8,10-11,13-14H2,1-2H3/t18-,20-/m1/s1. The number of aliphatic hydroxyl groups excluding tert-OH is 1. The average molecular weight is 368 g/mol. The molecule has 144 valence electrons. The number of amides is 1. The van der Waals surface area contributed by atoms with Gasteiger partial charge in [-0.05, 0) is 49.4 Å². The lowest BCUT2D eigenvalue weighted by Crippen LogP contribution is -2.54. The number of carbonyl (C=O) groups excluding carboxylic acids is 1. The number of pyridine rings is 1. The normalized spacial score (nSPS) is 25.3. The first-order valence-corrected chi connectivity index (χ1v) is 9.96. The van der Waals surface area contributed by atoms with E-state index in [0.717, 1.165) is 23.7 Å². The molecule has 1 aromatic heterocycles. The van der Waals surface area contributed by atoms with Gasteiger partial charge in [-0.25, -0.2) is 0 Å². The van der Waals surface area contributed by atoms with Gasteiger partial charge >= 0.3 is 0 Å². The van der Waals surface area contributed by atoms with E-state index >= 15 is 0 Å². The van der Waals surface area contributed by atoms with Crippen LogP contribution in [0.3, 0.4) is 0 Å². The number of aliphatic hydroxyl groups is 1. The van der Waals surface area contributed by atoms with Crippen LogP contribution in [0.15, 0.2) is 36.5 Å². The number of ether oxygens (including phenoxy) is 1. The molecule has 1 spiro atoms. The van der Waals surface area contributed by atoms with Gasteiger partial charge in [-0.2, -0.15) is 0 Å². The van der Waals surface area contributed by atoms with Crippen molar-refractivity contribution in [3.05, 3.63) is 42.1 Å². The van der Waals surface area contributed by atoms with E-state index in [0.29, 0.717) is 37.4 Å². The van der Waals surface area contributed by atoms with E-state index in [4.69, 9.17) is 4.74 Å². The minimum absolute atomic E-state index is 0.0624. The first kappa shape index (κ1) is 18.4. The molecule has 2 aromatic rings. The minimum atomic E-state index is -0.304. The van der Waals surface area contributed by atoms with Crippen LogP contribution in [0.2, 0.25) is 0 Å². The maximum Gasteiger partial charge on any atom is 0.253 e. The molecule has 0 bridgehead atoms. The SMILES string of the molecule is CC(C)[C@H]1C[C@@H](O)CC2(CCN(C(=O)c3ccc4ncccc4c3)CC2)O1. The predicted octanol–water partition coefficient (Wildman–Crippen LogP) is 3.41. The van der Waals surface area contributed by atoms with Crippen molar-refractivity contribution in [3.63, 3.8) is 0 Å². The lowest BCUT2D eigenvalue weighted by Gasteiger charge is -2.48. The third-order valence-corrected chi connectivity index (χ3v) is 6.07. The molecule has 0 aliphatic carbocycles. The first-order chi connectivity index (χ1) is 13.0. The van der Waals surface area contributed by atoms with E-state index in [2.05, 4.69) is 18.8 Å². The van der Waals surface area contributed by atoms with Crippen LogP contribution in [-0.4, -0.2) is 51.8 Å². The fourth-order valence-electron chi connectivity index (χ4n) is 4.44. The molecule has 5 nitrogen and oxygen atoms in total. The predicted molar refractivity (Wildman–Crippen MR) is 105 cm³/mol. The molecular weight excluding hydrogens is 340 g/mol. The third kappa shape index (κ3) is 3.71. The van der Waals surface area contributed by atoms with Gasteiger partial charge < -0.3 is 14.7 Å². The number of aromatic nitrogens is 1. The zero-order valence-electron chi connectivity index (χ0n) is 16.1. The highest BCUT2D eigenvalue weighted by atomic mass is 16.5. The third-order valence-electron chi connectivity index (χ3n) is 6.07. The number of benzene rings is 1. The summed E-state index contributed by atoms with van der Waals surface area (Å²) in [6.45, 7) is 5.62. The Hall–Kier alpha value is -1.98. The van der Waals surface area contributed by atoms with Crippen LogP contribution in [0.25, 0.3) is 10.9 Å². The van der Waals surface area contributed by atoms with Crippen LogP contribution in [0, 0.1) is 5.92 Å². The fourth-order valence-corrected chi connectivity index (χ4v) is 4.44. The molecule has 2 atom stereocenters. The van der Waals surface area contributed by atoms with Crippen molar-refractivity contribution in [2.75, 3.05) is 13.1 Å². The van der Waals surface area contributed by atoms with Crippen molar-refractivity contribution >= 4 is 16.8 Å². The van der Waals surface area contributed by atoms with E-state index in [1.807, 2.05) is 35.2 Å². The van der Waals surface area contributed by atoms with E-state index in [1.165, 1.54) is 0 Å². The topological polar surface area (TPSA) is 62.7 Å². The summed E-state index contributed by atoms with van der Waals surface area (Å²) in [5, 5.41) is 11.3. The van der Waals surface area contributed by atoms with E-state index < -0.39 is 0 Å². The summed E-state index contributed by atoms with van der Waals surface area (Å²) in [5.74, 6) is 0.454. The quantitative estimate of drug-likeness (QED) is 0.882. The number of rotatable bonds is 2. The smallest absolute Gasteiger partial charge is 0.253 e. The van der Waals surface area contributed by atoms with Crippen LogP contribution < -0.4 is 0 Å². The monoisotopic (exact) mass is 368 g/mol. The Kier molecular flexibility index (Phi) is 4.91. The Bertz CT molecular complexity index is 827. The van der Waals surface area contributed by atoms with Crippen molar-refractivity contribution in [1.29, 1.82) is 0 Å². The van der Waals surface area contributed by atoms with Crippen LogP contribution in [0.4, 0.5) is 0 Å². The Morgan fingerprint density at radius 3 is 2.81 bits per heavy atom. The molecule has 0 unspecified atom stereocenters. The molecule has 4 rings (SSSR count). The van der Waals surface area contributed by atoms with Crippen molar-refractivity contribution in [2.24, 2.45) is 5.92 Å². The van der Waals surface area contributed by atoms with Crippen LogP contribution >= 0.6 is 0 Å². The van der Waals surface area contributed by atoms with E-state index in [9.17, 15) is 9.90 Å². The summed E-state index contributed by atoms with van der Waals surface area (Å²) in [6, 6.07) is 9.55.